The molecule has 1 aromatic heterocycles. The first kappa shape index (κ1) is 18.5. The summed E-state index contributed by atoms with van der Waals surface area (Å²) < 4.78 is 8.44. The van der Waals surface area contributed by atoms with Crippen molar-refractivity contribution in [1.82, 2.24) is 0 Å². The molecule has 0 aliphatic rings. The highest BCUT2D eigenvalue weighted by molar-refractivity contribution is 9.11. The van der Waals surface area contributed by atoms with Gasteiger partial charge < -0.3 is 4.74 Å². The highest BCUT2D eigenvalue weighted by atomic mass is 79.9. The summed E-state index contributed by atoms with van der Waals surface area (Å²) in [4.78, 5) is 0. The van der Waals surface area contributed by atoms with Gasteiger partial charge in [0.1, 0.15) is 9.54 Å². The van der Waals surface area contributed by atoms with Gasteiger partial charge in [-0.1, -0.05) is 63.3 Å². The molecule has 0 amide bonds. The topological polar surface area (TPSA) is 9.23 Å². The number of halogens is 1. The second-order valence-corrected chi connectivity index (χ2v) is 8.83. The predicted octanol–water partition coefficient (Wildman–Crippen LogP) is 8.36. The smallest absolute Gasteiger partial charge is 0.160 e. The molecule has 3 heteroatoms. The molecule has 25 heavy (non-hydrogen) atoms. The van der Waals surface area contributed by atoms with Crippen LogP contribution in [0.5, 0.6) is 11.5 Å². The fourth-order valence-electron chi connectivity index (χ4n) is 3.04. The minimum Gasteiger partial charge on any atom is -0.455 e. The average Bonchev–Trinajstić information content (AvgIpc) is 2.95. The second-order valence-electron chi connectivity index (χ2n) is 6.46. The van der Waals surface area contributed by atoms with Gasteiger partial charge in [0.25, 0.3) is 0 Å². The van der Waals surface area contributed by atoms with E-state index in [1.165, 1.54) is 48.8 Å². The fourth-order valence-corrected chi connectivity index (χ4v) is 4.71. The summed E-state index contributed by atoms with van der Waals surface area (Å²) >= 11 is 5.35. The number of thiophene rings is 1. The molecule has 0 atom stereocenters. The third-order valence-corrected chi connectivity index (χ3v) is 6.26. The summed E-state index contributed by atoms with van der Waals surface area (Å²) in [6.45, 7) is 2.26. The zero-order valence-corrected chi connectivity index (χ0v) is 17.2. The van der Waals surface area contributed by atoms with Crippen LogP contribution in [0.2, 0.25) is 0 Å². The van der Waals surface area contributed by atoms with E-state index < -0.39 is 0 Å². The highest BCUT2D eigenvalue weighted by Gasteiger charge is 2.12. The molecule has 1 heterocycles. The fraction of sp³-hybridized carbons (Fsp3) is 0.364. The average molecular weight is 417 g/mol. The van der Waals surface area contributed by atoms with Gasteiger partial charge in [-0.2, -0.15) is 0 Å². The van der Waals surface area contributed by atoms with Crippen LogP contribution in [0.15, 0.2) is 52.3 Å². The number of hydrogen-bond acceptors (Lipinski definition) is 2. The van der Waals surface area contributed by atoms with Gasteiger partial charge in [-0.15, -0.1) is 11.3 Å². The van der Waals surface area contributed by atoms with E-state index in [-0.39, 0.29) is 0 Å². The van der Waals surface area contributed by atoms with Gasteiger partial charge in [-0.3, -0.25) is 0 Å². The van der Waals surface area contributed by atoms with Crippen molar-refractivity contribution in [3.05, 3.63) is 57.9 Å². The Bertz CT molecular complexity index is 791. The van der Waals surface area contributed by atoms with Crippen molar-refractivity contribution in [3.8, 4) is 11.5 Å². The first-order valence-electron chi connectivity index (χ1n) is 9.21. The monoisotopic (exact) mass is 416 g/mol. The van der Waals surface area contributed by atoms with Gasteiger partial charge in [0, 0.05) is 10.1 Å². The molecule has 0 saturated heterocycles. The number of aryl methyl sites for hydroxylation is 1. The molecule has 0 spiro atoms. The second kappa shape index (κ2) is 9.40. The molecule has 1 nitrogen and oxygen atoms in total. The van der Waals surface area contributed by atoms with Crippen molar-refractivity contribution in [2.45, 2.75) is 51.9 Å². The van der Waals surface area contributed by atoms with Crippen LogP contribution < -0.4 is 4.74 Å². The molecular weight excluding hydrogens is 392 g/mol. The van der Waals surface area contributed by atoms with E-state index >= 15 is 0 Å². The molecule has 0 radical (unpaired) electrons. The van der Waals surface area contributed by atoms with Gasteiger partial charge in [0.15, 0.2) is 5.75 Å². The summed E-state index contributed by atoms with van der Waals surface area (Å²) in [6, 6.07) is 16.9. The molecule has 0 aliphatic heterocycles. The number of fused-ring (bicyclic) bond motifs is 1. The van der Waals surface area contributed by atoms with Gasteiger partial charge in [0.2, 0.25) is 0 Å². The normalized spacial score (nSPS) is 11.1. The maximum atomic E-state index is 6.15. The van der Waals surface area contributed by atoms with Crippen molar-refractivity contribution >= 4 is 37.4 Å². The van der Waals surface area contributed by atoms with Crippen LogP contribution >= 0.6 is 27.3 Å². The van der Waals surface area contributed by atoms with E-state index in [1.54, 1.807) is 11.3 Å². The molecule has 0 unspecified atom stereocenters. The number of ether oxygens (including phenoxy) is 1. The molecule has 0 N–H and O–H groups in total. The van der Waals surface area contributed by atoms with E-state index in [4.69, 9.17) is 4.74 Å². The maximum absolute atomic E-state index is 6.15. The standard InChI is InChI=1S/C22H25BrOS/c1-2-3-4-5-6-7-10-17-13-15-18(16-14-17)24-21-19-11-8-9-12-20(19)25-22(21)23/h8-9,11-16H,2-7,10H2,1H3. The number of hydrogen-bond donors (Lipinski definition) is 0. The lowest BCUT2D eigenvalue weighted by molar-refractivity contribution is 0.487. The van der Waals surface area contributed by atoms with Crippen molar-refractivity contribution in [2.24, 2.45) is 0 Å². The van der Waals surface area contributed by atoms with Crippen LogP contribution in [0.3, 0.4) is 0 Å². The Morgan fingerprint density at radius 2 is 1.60 bits per heavy atom. The van der Waals surface area contributed by atoms with Crippen molar-refractivity contribution in [2.75, 3.05) is 0 Å². The van der Waals surface area contributed by atoms with E-state index in [2.05, 4.69) is 71.4 Å². The van der Waals surface area contributed by atoms with Crippen LogP contribution in [0, 0.1) is 0 Å². The Morgan fingerprint density at radius 1 is 0.880 bits per heavy atom. The molecule has 0 saturated carbocycles. The van der Waals surface area contributed by atoms with E-state index in [1.807, 2.05) is 0 Å². The minimum atomic E-state index is 0.899. The van der Waals surface area contributed by atoms with Gasteiger partial charge in [-0.05, 0) is 58.6 Å². The first-order chi connectivity index (χ1) is 12.3. The lowest BCUT2D eigenvalue weighted by Gasteiger charge is -2.07. The van der Waals surface area contributed by atoms with Gasteiger partial charge in [0.05, 0.1) is 0 Å². The van der Waals surface area contributed by atoms with Crippen LogP contribution in [0.4, 0.5) is 0 Å². The van der Waals surface area contributed by atoms with Gasteiger partial charge >= 0.3 is 0 Å². The van der Waals surface area contributed by atoms with Crippen molar-refractivity contribution in [1.29, 1.82) is 0 Å². The Morgan fingerprint density at radius 3 is 2.40 bits per heavy atom. The summed E-state index contributed by atoms with van der Waals surface area (Å²) in [7, 11) is 0. The quantitative estimate of drug-likeness (QED) is 0.318. The van der Waals surface area contributed by atoms with Crippen molar-refractivity contribution < 1.29 is 4.74 Å². The van der Waals surface area contributed by atoms with E-state index in [0.29, 0.717) is 0 Å². The number of benzene rings is 2. The predicted molar refractivity (Wildman–Crippen MR) is 113 cm³/mol. The van der Waals surface area contributed by atoms with Gasteiger partial charge in [-0.25, -0.2) is 0 Å². The summed E-state index contributed by atoms with van der Waals surface area (Å²) in [5, 5.41) is 1.16. The maximum Gasteiger partial charge on any atom is 0.160 e. The first-order valence-corrected chi connectivity index (χ1v) is 10.8. The Balaban J connectivity index is 1.56. The zero-order valence-electron chi connectivity index (χ0n) is 14.8. The van der Waals surface area contributed by atoms with Crippen LogP contribution in [-0.4, -0.2) is 0 Å². The molecule has 2 aromatic carbocycles. The lowest BCUT2D eigenvalue weighted by atomic mass is 10.0. The largest absolute Gasteiger partial charge is 0.455 e. The summed E-state index contributed by atoms with van der Waals surface area (Å²) in [5.74, 6) is 1.82. The molecule has 0 aliphatic carbocycles. The molecule has 132 valence electrons. The highest BCUT2D eigenvalue weighted by Crippen LogP contribution is 2.43. The van der Waals surface area contributed by atoms with E-state index in [0.717, 1.165) is 27.1 Å². The van der Waals surface area contributed by atoms with E-state index in [9.17, 15) is 0 Å². The third-order valence-electron chi connectivity index (χ3n) is 4.47. The van der Waals surface area contributed by atoms with Crippen LogP contribution in [0.25, 0.3) is 10.1 Å². The Hall–Kier alpha value is -1.32. The Labute approximate surface area is 163 Å². The molecule has 3 aromatic rings. The summed E-state index contributed by atoms with van der Waals surface area (Å²) in [5.41, 5.74) is 1.40. The zero-order chi connectivity index (χ0) is 17.5. The number of unbranched alkanes of at least 4 members (excludes halogenated alkanes) is 5. The van der Waals surface area contributed by atoms with Crippen LogP contribution in [-0.2, 0) is 6.42 Å². The minimum absolute atomic E-state index is 0.899. The SMILES string of the molecule is CCCCCCCCc1ccc(Oc2c(Br)sc3ccccc23)cc1. The lowest BCUT2D eigenvalue weighted by Crippen LogP contribution is -1.88. The third kappa shape index (κ3) is 5.08. The molecular formula is C22H25BrOS. The molecule has 0 fully saturated rings. The molecule has 0 bridgehead atoms. The number of rotatable bonds is 9. The van der Waals surface area contributed by atoms with Crippen LogP contribution in [0.1, 0.15) is 51.0 Å². The van der Waals surface area contributed by atoms with Crippen molar-refractivity contribution in [3.63, 3.8) is 0 Å². The Kier molecular flexibility index (Phi) is 6.94. The summed E-state index contributed by atoms with van der Waals surface area (Å²) in [6.07, 6.45) is 9.23. The molecule has 3 rings (SSSR count).